The Balaban J connectivity index is 1.49. The summed E-state index contributed by atoms with van der Waals surface area (Å²) in [7, 11) is 0. The highest BCUT2D eigenvalue weighted by molar-refractivity contribution is 5.81. The zero-order valence-electron chi connectivity index (χ0n) is 19.4. The van der Waals surface area contributed by atoms with Gasteiger partial charge in [-0.1, -0.05) is 39.7 Å². The van der Waals surface area contributed by atoms with Crippen LogP contribution in [0.4, 0.5) is 0 Å². The van der Waals surface area contributed by atoms with E-state index in [4.69, 9.17) is 20.2 Å². The van der Waals surface area contributed by atoms with E-state index in [-0.39, 0.29) is 29.5 Å². The van der Waals surface area contributed by atoms with Gasteiger partial charge in [-0.3, -0.25) is 4.79 Å². The summed E-state index contributed by atoms with van der Waals surface area (Å²) in [4.78, 5) is 17.0. The van der Waals surface area contributed by atoms with Crippen LogP contribution in [-0.4, -0.2) is 30.7 Å². The monoisotopic (exact) mass is 427 g/mol. The third kappa shape index (κ3) is 4.68. The molecule has 0 saturated heterocycles. The van der Waals surface area contributed by atoms with Crippen molar-refractivity contribution in [3.63, 3.8) is 0 Å². The number of benzene rings is 1. The number of nitrogens with one attached hydrogen (secondary N) is 1. The van der Waals surface area contributed by atoms with Crippen molar-refractivity contribution in [1.82, 2.24) is 5.32 Å². The first-order chi connectivity index (χ1) is 14.7. The maximum Gasteiger partial charge on any atom is 0.283 e. The second kappa shape index (κ2) is 8.36. The molecule has 3 unspecified atom stereocenters. The van der Waals surface area contributed by atoms with E-state index in [9.17, 15) is 4.79 Å². The molecule has 1 amide bonds. The summed E-state index contributed by atoms with van der Waals surface area (Å²) in [6, 6.07) is 6.99. The number of amides is 1. The lowest BCUT2D eigenvalue weighted by Crippen LogP contribution is -2.42. The Hall–Kier alpha value is -2.24. The molecule has 1 fully saturated rings. The van der Waals surface area contributed by atoms with Crippen molar-refractivity contribution >= 4 is 11.9 Å². The summed E-state index contributed by atoms with van der Waals surface area (Å²) in [5.41, 5.74) is 7.61. The van der Waals surface area contributed by atoms with Crippen molar-refractivity contribution in [2.45, 2.75) is 96.2 Å². The van der Waals surface area contributed by atoms with Crippen LogP contribution in [0.5, 0.6) is 5.75 Å². The normalized spacial score (nSPS) is 26.7. The Morgan fingerprint density at radius 1 is 1.32 bits per heavy atom. The SMILES string of the molecule is CC(CCC1CC2(COC(N)=N2)c2cc(C3CCCC3)ccc2O1)NC(=O)C(C)(C)C. The van der Waals surface area contributed by atoms with Gasteiger partial charge in [0, 0.05) is 23.4 Å². The largest absolute Gasteiger partial charge is 0.490 e. The van der Waals surface area contributed by atoms with Crippen LogP contribution in [0.2, 0.25) is 0 Å². The molecule has 2 aliphatic heterocycles. The molecule has 2 heterocycles. The fourth-order valence-electron chi connectivity index (χ4n) is 5.06. The molecule has 0 bridgehead atoms. The minimum Gasteiger partial charge on any atom is -0.490 e. The molecule has 1 saturated carbocycles. The first kappa shape index (κ1) is 22.0. The van der Waals surface area contributed by atoms with Gasteiger partial charge in [-0.2, -0.15) is 0 Å². The number of hydrogen-bond acceptors (Lipinski definition) is 5. The third-order valence-electron chi connectivity index (χ3n) is 6.95. The molecule has 6 heteroatoms. The first-order valence-corrected chi connectivity index (χ1v) is 11.8. The minimum absolute atomic E-state index is 0.0112. The fourth-order valence-corrected chi connectivity index (χ4v) is 5.06. The molecule has 3 aliphatic rings. The number of nitrogens with two attached hydrogens (primary N) is 1. The van der Waals surface area contributed by atoms with Crippen LogP contribution in [0, 0.1) is 5.41 Å². The number of rotatable bonds is 5. The Bertz CT molecular complexity index is 854. The Morgan fingerprint density at radius 2 is 2.06 bits per heavy atom. The van der Waals surface area contributed by atoms with Crippen molar-refractivity contribution in [1.29, 1.82) is 0 Å². The van der Waals surface area contributed by atoms with Gasteiger partial charge in [0.2, 0.25) is 5.91 Å². The molecule has 3 N–H and O–H groups in total. The van der Waals surface area contributed by atoms with E-state index in [0.29, 0.717) is 12.5 Å². The number of ether oxygens (including phenoxy) is 2. The Labute approximate surface area is 186 Å². The van der Waals surface area contributed by atoms with E-state index in [1.54, 1.807) is 0 Å². The minimum atomic E-state index is -0.463. The lowest BCUT2D eigenvalue weighted by atomic mass is 9.80. The molecular formula is C25H37N3O3. The maximum absolute atomic E-state index is 12.3. The van der Waals surface area contributed by atoms with Crippen LogP contribution in [-0.2, 0) is 15.1 Å². The van der Waals surface area contributed by atoms with Crippen molar-refractivity contribution < 1.29 is 14.3 Å². The van der Waals surface area contributed by atoms with Crippen LogP contribution < -0.4 is 15.8 Å². The van der Waals surface area contributed by atoms with E-state index in [0.717, 1.165) is 30.6 Å². The van der Waals surface area contributed by atoms with E-state index in [1.165, 1.54) is 31.2 Å². The van der Waals surface area contributed by atoms with E-state index in [2.05, 4.69) is 30.4 Å². The van der Waals surface area contributed by atoms with Gasteiger partial charge in [0.1, 0.15) is 24.0 Å². The Morgan fingerprint density at radius 3 is 2.71 bits per heavy atom. The number of aliphatic imine (C=N–C) groups is 1. The number of amidine groups is 1. The molecule has 31 heavy (non-hydrogen) atoms. The zero-order valence-corrected chi connectivity index (χ0v) is 19.4. The summed E-state index contributed by atoms with van der Waals surface area (Å²) in [5.74, 6) is 1.61. The Kier molecular flexibility index (Phi) is 5.93. The van der Waals surface area contributed by atoms with Gasteiger partial charge in [-0.05, 0) is 56.2 Å². The van der Waals surface area contributed by atoms with Crippen LogP contribution in [0.15, 0.2) is 23.2 Å². The standard InChI is InChI=1S/C25H37N3O3/c1-16(27-22(29)24(2,3)4)9-11-19-14-25(15-30-23(26)28-25)20-13-18(10-12-21(20)31-19)17-7-5-6-8-17/h10,12-13,16-17,19H,5-9,11,14-15H2,1-4H3,(H2,26,28)(H,27,29). The van der Waals surface area contributed by atoms with Crippen molar-refractivity contribution in [3.05, 3.63) is 29.3 Å². The third-order valence-corrected chi connectivity index (χ3v) is 6.95. The molecular weight excluding hydrogens is 390 g/mol. The first-order valence-electron chi connectivity index (χ1n) is 11.8. The molecule has 3 atom stereocenters. The van der Waals surface area contributed by atoms with Gasteiger partial charge in [0.25, 0.3) is 6.02 Å². The van der Waals surface area contributed by atoms with Crippen molar-refractivity contribution in [2.24, 2.45) is 16.1 Å². The van der Waals surface area contributed by atoms with Crippen LogP contribution in [0.3, 0.4) is 0 Å². The number of hydrogen-bond donors (Lipinski definition) is 2. The molecule has 4 rings (SSSR count). The highest BCUT2D eigenvalue weighted by atomic mass is 16.5. The topological polar surface area (TPSA) is 85.9 Å². The second-order valence-corrected chi connectivity index (χ2v) is 10.7. The quantitative estimate of drug-likeness (QED) is 0.731. The summed E-state index contributed by atoms with van der Waals surface area (Å²) in [5, 5.41) is 3.12. The van der Waals surface area contributed by atoms with Gasteiger partial charge < -0.3 is 20.5 Å². The highest BCUT2D eigenvalue weighted by Crippen LogP contribution is 2.47. The molecule has 0 radical (unpaired) electrons. The highest BCUT2D eigenvalue weighted by Gasteiger charge is 2.46. The summed E-state index contributed by atoms with van der Waals surface area (Å²) in [6.45, 7) is 8.32. The number of carbonyl (C=O) groups is 1. The fraction of sp³-hybridized carbons (Fsp3) is 0.680. The average molecular weight is 428 g/mol. The molecule has 170 valence electrons. The van der Waals surface area contributed by atoms with Gasteiger partial charge in [0.15, 0.2) is 0 Å². The number of nitrogens with zero attached hydrogens (tertiary/aromatic N) is 1. The van der Waals surface area contributed by atoms with E-state index in [1.807, 2.05) is 20.8 Å². The average Bonchev–Trinajstić information content (AvgIpc) is 3.36. The van der Waals surface area contributed by atoms with E-state index < -0.39 is 5.54 Å². The summed E-state index contributed by atoms with van der Waals surface area (Å²) in [6.07, 6.45) is 7.58. The summed E-state index contributed by atoms with van der Waals surface area (Å²) < 4.78 is 12.1. The number of fused-ring (bicyclic) bond motifs is 2. The smallest absolute Gasteiger partial charge is 0.283 e. The molecule has 1 spiro atoms. The van der Waals surface area contributed by atoms with Gasteiger partial charge >= 0.3 is 0 Å². The second-order valence-electron chi connectivity index (χ2n) is 10.7. The zero-order chi connectivity index (χ0) is 22.2. The molecule has 1 aromatic carbocycles. The van der Waals surface area contributed by atoms with Gasteiger partial charge in [-0.25, -0.2) is 4.99 Å². The molecule has 1 aliphatic carbocycles. The predicted molar refractivity (Wildman–Crippen MR) is 122 cm³/mol. The van der Waals surface area contributed by atoms with Gasteiger partial charge in [0.05, 0.1) is 0 Å². The molecule has 6 nitrogen and oxygen atoms in total. The lowest BCUT2D eigenvalue weighted by Gasteiger charge is -2.37. The number of carbonyl (C=O) groups excluding carboxylic acids is 1. The van der Waals surface area contributed by atoms with E-state index >= 15 is 0 Å². The lowest BCUT2D eigenvalue weighted by molar-refractivity contribution is -0.129. The van der Waals surface area contributed by atoms with Crippen LogP contribution >= 0.6 is 0 Å². The van der Waals surface area contributed by atoms with Crippen LogP contribution in [0.25, 0.3) is 0 Å². The molecule has 1 aromatic rings. The summed E-state index contributed by atoms with van der Waals surface area (Å²) >= 11 is 0. The van der Waals surface area contributed by atoms with Gasteiger partial charge in [-0.15, -0.1) is 0 Å². The van der Waals surface area contributed by atoms with Crippen molar-refractivity contribution in [3.8, 4) is 5.75 Å². The molecule has 0 aromatic heterocycles. The van der Waals surface area contributed by atoms with Crippen molar-refractivity contribution in [2.75, 3.05) is 6.61 Å². The maximum atomic E-state index is 12.3. The predicted octanol–water partition coefficient (Wildman–Crippen LogP) is 4.37. The van der Waals surface area contributed by atoms with Crippen LogP contribution in [0.1, 0.15) is 89.7 Å².